The van der Waals surface area contributed by atoms with Crippen molar-refractivity contribution in [3.05, 3.63) is 11.1 Å². The third-order valence-corrected chi connectivity index (χ3v) is 4.43. The van der Waals surface area contributed by atoms with Crippen molar-refractivity contribution >= 4 is 35.0 Å². The summed E-state index contributed by atoms with van der Waals surface area (Å²) in [5.41, 5.74) is 0.581. The summed E-state index contributed by atoms with van der Waals surface area (Å²) >= 11 is 2.92. The zero-order valence-electron chi connectivity index (χ0n) is 9.72. The molecular formula is C11H14N2O3S2. The zero-order valence-corrected chi connectivity index (χ0v) is 11.4. The van der Waals surface area contributed by atoms with Crippen molar-refractivity contribution in [3.63, 3.8) is 0 Å². The molecule has 1 aliphatic rings. The van der Waals surface area contributed by atoms with Crippen LogP contribution in [0.15, 0.2) is 9.72 Å². The molecule has 0 bridgehead atoms. The number of carbonyl (C=O) groups excluding carboxylic acids is 1. The predicted octanol–water partition coefficient (Wildman–Crippen LogP) is 1.53. The van der Waals surface area contributed by atoms with E-state index in [2.05, 4.69) is 10.3 Å². The molecule has 1 aliphatic carbocycles. The van der Waals surface area contributed by atoms with E-state index in [-0.39, 0.29) is 12.3 Å². The van der Waals surface area contributed by atoms with Gasteiger partial charge in [0.1, 0.15) is 4.34 Å². The Morgan fingerprint density at radius 2 is 2.33 bits per heavy atom. The van der Waals surface area contributed by atoms with Gasteiger partial charge in [-0.2, -0.15) is 0 Å². The molecule has 0 spiro atoms. The molecule has 18 heavy (non-hydrogen) atoms. The first kappa shape index (κ1) is 13.4. The summed E-state index contributed by atoms with van der Waals surface area (Å²) in [6.45, 7) is 0. The summed E-state index contributed by atoms with van der Waals surface area (Å²) in [4.78, 5) is 26.1. The normalized spacial score (nSPS) is 14.4. The number of carboxylic acid groups (broad SMARTS) is 1. The van der Waals surface area contributed by atoms with Crippen LogP contribution in [-0.4, -0.2) is 33.8 Å². The smallest absolute Gasteiger partial charge is 0.309 e. The van der Waals surface area contributed by atoms with E-state index in [0.29, 0.717) is 23.9 Å². The lowest BCUT2D eigenvalue weighted by atomic mass is 10.3. The molecule has 1 heterocycles. The van der Waals surface area contributed by atoms with E-state index in [9.17, 15) is 9.59 Å². The minimum absolute atomic E-state index is 0.0424. The van der Waals surface area contributed by atoms with Gasteiger partial charge in [0.05, 0.1) is 12.1 Å². The van der Waals surface area contributed by atoms with E-state index in [1.54, 1.807) is 5.38 Å². The van der Waals surface area contributed by atoms with Crippen molar-refractivity contribution in [1.82, 2.24) is 10.3 Å². The van der Waals surface area contributed by atoms with Gasteiger partial charge in [0.15, 0.2) is 0 Å². The number of hydrogen-bond acceptors (Lipinski definition) is 5. The van der Waals surface area contributed by atoms with Gasteiger partial charge in [0.25, 0.3) is 0 Å². The first-order valence-corrected chi connectivity index (χ1v) is 7.58. The number of amides is 1. The van der Waals surface area contributed by atoms with Gasteiger partial charge in [-0.3, -0.25) is 9.59 Å². The number of thiazole rings is 1. The second kappa shape index (κ2) is 6.19. The fourth-order valence-electron chi connectivity index (χ4n) is 1.35. The van der Waals surface area contributed by atoms with E-state index in [0.717, 1.165) is 17.2 Å². The quantitative estimate of drug-likeness (QED) is 0.743. The lowest BCUT2D eigenvalue weighted by molar-refractivity contribution is -0.136. The first-order chi connectivity index (χ1) is 8.63. The standard InChI is InChI=1S/C11H14N2O3S2/c14-9(12-7-1-2-7)3-4-17-11-13-8(6-18-11)5-10(15)16/h6-7H,1-5H2,(H,12,14)(H,15,16). The SMILES string of the molecule is O=C(O)Cc1csc(SCCC(=O)NC2CC2)n1. The second-order valence-corrected chi connectivity index (χ2v) is 6.32. The Balaban J connectivity index is 1.67. The van der Waals surface area contributed by atoms with E-state index in [4.69, 9.17) is 5.11 Å². The molecule has 1 aromatic rings. The number of aromatic nitrogens is 1. The maximum Gasteiger partial charge on any atom is 0.309 e. The van der Waals surface area contributed by atoms with Crippen molar-refractivity contribution in [2.24, 2.45) is 0 Å². The number of nitrogens with one attached hydrogen (secondary N) is 1. The molecule has 0 unspecified atom stereocenters. The van der Waals surface area contributed by atoms with Gasteiger partial charge < -0.3 is 10.4 Å². The van der Waals surface area contributed by atoms with Crippen LogP contribution >= 0.6 is 23.1 Å². The monoisotopic (exact) mass is 286 g/mol. The number of carboxylic acids is 1. The molecule has 0 saturated heterocycles. The largest absolute Gasteiger partial charge is 0.481 e. The number of aliphatic carboxylic acids is 1. The number of carbonyl (C=O) groups is 2. The molecule has 2 rings (SSSR count). The maximum atomic E-state index is 11.4. The average molecular weight is 286 g/mol. The molecule has 5 nitrogen and oxygen atoms in total. The lowest BCUT2D eigenvalue weighted by Crippen LogP contribution is -2.25. The van der Waals surface area contributed by atoms with Gasteiger partial charge in [-0.1, -0.05) is 11.8 Å². The van der Waals surface area contributed by atoms with Crippen molar-refractivity contribution < 1.29 is 14.7 Å². The number of hydrogen-bond donors (Lipinski definition) is 2. The zero-order chi connectivity index (χ0) is 13.0. The van der Waals surface area contributed by atoms with E-state index < -0.39 is 5.97 Å². The number of nitrogens with zero attached hydrogens (tertiary/aromatic N) is 1. The van der Waals surface area contributed by atoms with Crippen LogP contribution in [0.3, 0.4) is 0 Å². The molecule has 2 N–H and O–H groups in total. The summed E-state index contributed by atoms with van der Waals surface area (Å²) in [5.74, 6) is -0.105. The van der Waals surface area contributed by atoms with E-state index in [1.807, 2.05) is 0 Å². The highest BCUT2D eigenvalue weighted by Crippen LogP contribution is 2.24. The molecule has 1 fully saturated rings. The molecule has 0 radical (unpaired) electrons. The van der Waals surface area contributed by atoms with Crippen LogP contribution in [0, 0.1) is 0 Å². The molecular weight excluding hydrogens is 272 g/mol. The topological polar surface area (TPSA) is 79.3 Å². The Morgan fingerprint density at radius 1 is 1.56 bits per heavy atom. The van der Waals surface area contributed by atoms with Crippen molar-refractivity contribution in [1.29, 1.82) is 0 Å². The Kier molecular flexibility index (Phi) is 4.60. The molecule has 1 amide bonds. The molecule has 0 atom stereocenters. The van der Waals surface area contributed by atoms with Crippen LogP contribution in [0.5, 0.6) is 0 Å². The summed E-state index contributed by atoms with van der Waals surface area (Å²) in [6, 6.07) is 0.407. The van der Waals surface area contributed by atoms with Gasteiger partial charge in [0, 0.05) is 23.6 Å². The van der Waals surface area contributed by atoms with Crippen LogP contribution in [0.4, 0.5) is 0 Å². The minimum atomic E-state index is -0.874. The second-order valence-electron chi connectivity index (χ2n) is 4.12. The molecule has 0 aliphatic heterocycles. The lowest BCUT2D eigenvalue weighted by Gasteiger charge is -2.01. The highest BCUT2D eigenvalue weighted by atomic mass is 32.2. The highest BCUT2D eigenvalue weighted by Gasteiger charge is 2.22. The predicted molar refractivity (Wildman–Crippen MR) is 70.0 cm³/mol. The first-order valence-electron chi connectivity index (χ1n) is 5.72. The van der Waals surface area contributed by atoms with E-state index >= 15 is 0 Å². The molecule has 1 saturated carbocycles. The van der Waals surface area contributed by atoms with Crippen LogP contribution in [-0.2, 0) is 16.0 Å². The third kappa shape index (κ3) is 4.66. The van der Waals surface area contributed by atoms with Gasteiger partial charge in [-0.25, -0.2) is 4.98 Å². The molecule has 0 aromatic carbocycles. The van der Waals surface area contributed by atoms with Crippen LogP contribution in [0.1, 0.15) is 25.0 Å². The number of thioether (sulfide) groups is 1. The Morgan fingerprint density at radius 3 is 3.00 bits per heavy atom. The maximum absolute atomic E-state index is 11.4. The van der Waals surface area contributed by atoms with Crippen LogP contribution < -0.4 is 5.32 Å². The van der Waals surface area contributed by atoms with Gasteiger partial charge >= 0.3 is 5.97 Å². The van der Waals surface area contributed by atoms with Gasteiger partial charge in [-0.15, -0.1) is 11.3 Å². The fraction of sp³-hybridized carbons (Fsp3) is 0.545. The van der Waals surface area contributed by atoms with Gasteiger partial charge in [0.2, 0.25) is 5.91 Å². The third-order valence-electron chi connectivity index (χ3n) is 2.36. The molecule has 7 heteroatoms. The highest BCUT2D eigenvalue weighted by molar-refractivity contribution is 8.01. The fourth-order valence-corrected chi connectivity index (χ4v) is 3.20. The summed E-state index contributed by atoms with van der Waals surface area (Å²) in [7, 11) is 0. The van der Waals surface area contributed by atoms with Crippen molar-refractivity contribution in [2.75, 3.05) is 5.75 Å². The van der Waals surface area contributed by atoms with Crippen LogP contribution in [0.2, 0.25) is 0 Å². The Labute approximate surface area is 113 Å². The number of rotatable bonds is 7. The van der Waals surface area contributed by atoms with Crippen molar-refractivity contribution in [2.45, 2.75) is 36.1 Å². The summed E-state index contributed by atoms with van der Waals surface area (Å²) in [6.07, 6.45) is 2.64. The minimum Gasteiger partial charge on any atom is -0.481 e. The summed E-state index contributed by atoms with van der Waals surface area (Å²) in [5, 5.41) is 13.3. The summed E-state index contributed by atoms with van der Waals surface area (Å²) < 4.78 is 0.825. The Bertz CT molecular complexity index is 443. The Hall–Kier alpha value is -1.08. The van der Waals surface area contributed by atoms with E-state index in [1.165, 1.54) is 23.1 Å². The molecule has 98 valence electrons. The van der Waals surface area contributed by atoms with Crippen LogP contribution in [0.25, 0.3) is 0 Å². The van der Waals surface area contributed by atoms with Crippen molar-refractivity contribution in [3.8, 4) is 0 Å². The molecule has 1 aromatic heterocycles. The average Bonchev–Trinajstić information content (AvgIpc) is 2.98. The van der Waals surface area contributed by atoms with Gasteiger partial charge in [-0.05, 0) is 12.8 Å².